The minimum Gasteiger partial charge on any atom is -0.379 e. The van der Waals surface area contributed by atoms with Crippen molar-refractivity contribution in [1.82, 2.24) is 15.1 Å². The summed E-state index contributed by atoms with van der Waals surface area (Å²) in [4.78, 5) is 0. The molecule has 2 unspecified atom stereocenters. The molecule has 20 heavy (non-hydrogen) atoms. The molecular weight excluding hydrogens is 250 g/mol. The topological polar surface area (TPSA) is 39.1 Å². The van der Waals surface area contributed by atoms with E-state index in [1.165, 1.54) is 37.7 Å². The average molecular weight is 279 g/mol. The normalized spacial score (nSPS) is 19.9. The Balaban J connectivity index is 2.13. The highest BCUT2D eigenvalue weighted by Crippen LogP contribution is 2.34. The van der Waals surface area contributed by atoms with E-state index >= 15 is 0 Å². The van der Waals surface area contributed by atoms with Crippen LogP contribution in [0, 0.1) is 5.92 Å². The molecular formula is C16H29N3O. The van der Waals surface area contributed by atoms with E-state index in [-0.39, 0.29) is 12.1 Å². The molecule has 0 amide bonds. The van der Waals surface area contributed by atoms with Gasteiger partial charge in [0.25, 0.3) is 0 Å². The van der Waals surface area contributed by atoms with Gasteiger partial charge in [-0.15, -0.1) is 0 Å². The highest BCUT2D eigenvalue weighted by atomic mass is 16.5. The van der Waals surface area contributed by atoms with Crippen LogP contribution in [-0.2, 0) is 11.8 Å². The summed E-state index contributed by atoms with van der Waals surface area (Å²) in [5, 5.41) is 8.00. The molecule has 0 radical (unpaired) electrons. The molecule has 2 atom stereocenters. The molecule has 0 saturated heterocycles. The van der Waals surface area contributed by atoms with E-state index in [9.17, 15) is 0 Å². The zero-order valence-corrected chi connectivity index (χ0v) is 13.1. The van der Waals surface area contributed by atoms with Crippen LogP contribution in [0.1, 0.15) is 57.1 Å². The van der Waals surface area contributed by atoms with Gasteiger partial charge in [0, 0.05) is 25.9 Å². The van der Waals surface area contributed by atoms with Crippen molar-refractivity contribution in [3.63, 3.8) is 0 Å². The van der Waals surface area contributed by atoms with Gasteiger partial charge in [0.15, 0.2) is 0 Å². The monoisotopic (exact) mass is 279 g/mol. The summed E-state index contributed by atoms with van der Waals surface area (Å²) in [6.07, 6.45) is 12.1. The van der Waals surface area contributed by atoms with Crippen LogP contribution in [0.15, 0.2) is 12.4 Å². The molecule has 4 heteroatoms. The summed E-state index contributed by atoms with van der Waals surface area (Å²) in [6.45, 7) is 3.22. The molecule has 1 aliphatic rings. The summed E-state index contributed by atoms with van der Waals surface area (Å²) in [6, 6.07) is 0.261. The maximum atomic E-state index is 5.91. The zero-order valence-electron chi connectivity index (χ0n) is 13.1. The summed E-state index contributed by atoms with van der Waals surface area (Å²) in [7, 11) is 3.83. The quantitative estimate of drug-likeness (QED) is 0.834. The third-order valence-electron chi connectivity index (χ3n) is 4.41. The predicted octanol–water partition coefficient (Wildman–Crippen LogP) is 3.06. The van der Waals surface area contributed by atoms with Crippen molar-refractivity contribution in [2.24, 2.45) is 13.0 Å². The fourth-order valence-electron chi connectivity index (χ4n) is 3.39. The Morgan fingerprint density at radius 1 is 1.40 bits per heavy atom. The smallest absolute Gasteiger partial charge is 0.0795 e. The lowest BCUT2D eigenvalue weighted by Crippen LogP contribution is -2.39. The average Bonchev–Trinajstić information content (AvgIpc) is 2.90. The van der Waals surface area contributed by atoms with Crippen molar-refractivity contribution in [2.45, 2.75) is 57.6 Å². The second-order valence-electron chi connectivity index (χ2n) is 5.98. The first-order chi connectivity index (χ1) is 9.76. The second-order valence-corrected chi connectivity index (χ2v) is 5.98. The van der Waals surface area contributed by atoms with Gasteiger partial charge in [0.1, 0.15) is 0 Å². The van der Waals surface area contributed by atoms with Crippen LogP contribution >= 0.6 is 0 Å². The number of hydrogen-bond acceptors (Lipinski definition) is 3. The Kier molecular flexibility index (Phi) is 6.05. The highest BCUT2D eigenvalue weighted by molar-refractivity contribution is 5.13. The molecule has 1 fully saturated rings. The summed E-state index contributed by atoms with van der Waals surface area (Å²) in [5.41, 5.74) is 1.25. The second kappa shape index (κ2) is 7.79. The molecule has 114 valence electrons. The lowest BCUT2D eigenvalue weighted by molar-refractivity contribution is 0.00755. The van der Waals surface area contributed by atoms with Crippen molar-refractivity contribution in [3.8, 4) is 0 Å². The number of nitrogens with zero attached hydrogens (tertiary/aromatic N) is 2. The molecule has 2 rings (SSSR count). The van der Waals surface area contributed by atoms with Crippen LogP contribution in [0.5, 0.6) is 0 Å². The highest BCUT2D eigenvalue weighted by Gasteiger charge is 2.31. The van der Waals surface area contributed by atoms with Crippen LogP contribution in [0.3, 0.4) is 0 Å². The third kappa shape index (κ3) is 3.83. The SMILES string of the molecule is CCCNC(c1cnn(C)c1)C(OC)C1CCCCC1. The van der Waals surface area contributed by atoms with Crippen LogP contribution < -0.4 is 5.32 Å². The first-order valence-corrected chi connectivity index (χ1v) is 8.01. The Bertz CT molecular complexity index is 385. The predicted molar refractivity (Wildman–Crippen MR) is 81.6 cm³/mol. The molecule has 0 aliphatic heterocycles. The van der Waals surface area contributed by atoms with Gasteiger partial charge in [-0.1, -0.05) is 26.2 Å². The van der Waals surface area contributed by atoms with Crippen molar-refractivity contribution in [3.05, 3.63) is 18.0 Å². The fourth-order valence-corrected chi connectivity index (χ4v) is 3.39. The van der Waals surface area contributed by atoms with Crippen LogP contribution in [0.2, 0.25) is 0 Å². The minimum atomic E-state index is 0.256. The molecule has 4 nitrogen and oxygen atoms in total. The third-order valence-corrected chi connectivity index (χ3v) is 4.41. The van der Waals surface area contributed by atoms with Gasteiger partial charge >= 0.3 is 0 Å². The Morgan fingerprint density at radius 2 is 2.15 bits per heavy atom. The minimum absolute atomic E-state index is 0.256. The van der Waals surface area contributed by atoms with E-state index in [4.69, 9.17) is 4.74 Å². The van der Waals surface area contributed by atoms with Gasteiger partial charge in [-0.3, -0.25) is 4.68 Å². The standard InChI is InChI=1S/C16H29N3O/c1-4-10-17-15(14-11-18-19(2)12-14)16(20-3)13-8-6-5-7-9-13/h11-13,15-17H,4-10H2,1-3H3. The number of hydrogen-bond donors (Lipinski definition) is 1. The van der Waals surface area contributed by atoms with Crippen molar-refractivity contribution >= 4 is 0 Å². The summed E-state index contributed by atoms with van der Waals surface area (Å²) in [5.74, 6) is 0.670. The summed E-state index contributed by atoms with van der Waals surface area (Å²) >= 11 is 0. The van der Waals surface area contributed by atoms with E-state index in [2.05, 4.69) is 23.5 Å². The number of nitrogens with one attached hydrogen (secondary N) is 1. The van der Waals surface area contributed by atoms with E-state index in [1.54, 1.807) is 0 Å². The zero-order chi connectivity index (χ0) is 14.4. The largest absolute Gasteiger partial charge is 0.379 e. The fraction of sp³-hybridized carbons (Fsp3) is 0.812. The lowest BCUT2D eigenvalue weighted by atomic mass is 9.81. The molecule has 1 aromatic heterocycles. The van der Waals surface area contributed by atoms with E-state index in [1.807, 2.05) is 25.0 Å². The number of ether oxygens (including phenoxy) is 1. The Labute approximate surface area is 122 Å². The molecule has 1 N–H and O–H groups in total. The molecule has 1 aliphatic carbocycles. The lowest BCUT2D eigenvalue weighted by Gasteiger charge is -2.35. The maximum absolute atomic E-state index is 5.91. The first-order valence-electron chi connectivity index (χ1n) is 8.01. The van der Waals surface area contributed by atoms with E-state index in [0.29, 0.717) is 5.92 Å². The summed E-state index contributed by atoms with van der Waals surface area (Å²) < 4.78 is 7.79. The molecule has 1 saturated carbocycles. The van der Waals surface area contributed by atoms with E-state index < -0.39 is 0 Å². The van der Waals surface area contributed by atoms with Crippen LogP contribution in [0.4, 0.5) is 0 Å². The number of rotatable bonds is 7. The van der Waals surface area contributed by atoms with Gasteiger partial charge < -0.3 is 10.1 Å². The number of aryl methyl sites for hydroxylation is 1. The van der Waals surface area contributed by atoms with Gasteiger partial charge in [-0.05, 0) is 31.7 Å². The Morgan fingerprint density at radius 3 is 2.70 bits per heavy atom. The van der Waals surface area contributed by atoms with Crippen molar-refractivity contribution in [2.75, 3.05) is 13.7 Å². The number of aromatic nitrogens is 2. The van der Waals surface area contributed by atoms with Gasteiger partial charge in [0.05, 0.1) is 18.3 Å². The maximum Gasteiger partial charge on any atom is 0.0795 e. The van der Waals surface area contributed by atoms with Crippen LogP contribution in [-0.4, -0.2) is 29.5 Å². The molecule has 1 heterocycles. The van der Waals surface area contributed by atoms with E-state index in [0.717, 1.165) is 13.0 Å². The molecule has 0 aromatic carbocycles. The molecule has 1 aromatic rings. The van der Waals surface area contributed by atoms with Crippen molar-refractivity contribution in [1.29, 1.82) is 0 Å². The first kappa shape index (κ1) is 15.5. The Hall–Kier alpha value is -0.870. The van der Waals surface area contributed by atoms with Gasteiger partial charge in [0.2, 0.25) is 0 Å². The molecule has 0 bridgehead atoms. The molecule has 0 spiro atoms. The van der Waals surface area contributed by atoms with Crippen LogP contribution in [0.25, 0.3) is 0 Å². The van der Waals surface area contributed by atoms with Gasteiger partial charge in [-0.25, -0.2) is 0 Å². The number of methoxy groups -OCH3 is 1. The van der Waals surface area contributed by atoms with Crippen molar-refractivity contribution < 1.29 is 4.74 Å². The van der Waals surface area contributed by atoms with Gasteiger partial charge in [-0.2, -0.15) is 5.10 Å².